The van der Waals surface area contributed by atoms with E-state index in [1.807, 2.05) is 29.2 Å². The fourth-order valence-electron chi connectivity index (χ4n) is 3.89. The Morgan fingerprint density at radius 2 is 1.69 bits per heavy atom. The maximum Gasteiger partial charge on any atom is 0.223 e. The number of hydrogen-bond donors (Lipinski definition) is 2. The van der Waals surface area contributed by atoms with E-state index in [9.17, 15) is 4.79 Å². The van der Waals surface area contributed by atoms with Crippen molar-refractivity contribution in [1.29, 1.82) is 0 Å². The third-order valence-electron chi connectivity index (χ3n) is 5.73. The molecular weight excluding hydrogens is 400 g/mol. The molecule has 1 aliphatic heterocycles. The summed E-state index contributed by atoms with van der Waals surface area (Å²) >= 11 is 0. The molecule has 0 spiro atoms. The summed E-state index contributed by atoms with van der Waals surface area (Å²) < 4.78 is 5.73. The fourth-order valence-corrected chi connectivity index (χ4v) is 3.89. The summed E-state index contributed by atoms with van der Waals surface area (Å²) in [6, 6.07) is 20.7. The lowest BCUT2D eigenvalue weighted by atomic mass is 10.1. The minimum atomic E-state index is 0.253. The van der Waals surface area contributed by atoms with Gasteiger partial charge in [0.2, 0.25) is 5.91 Å². The number of nitrogens with zero attached hydrogens (tertiary/aromatic N) is 2. The first-order valence-corrected chi connectivity index (χ1v) is 11.6. The van der Waals surface area contributed by atoms with Gasteiger partial charge in [-0.15, -0.1) is 0 Å². The molecule has 1 fully saturated rings. The van der Waals surface area contributed by atoms with Crippen molar-refractivity contribution in [1.82, 2.24) is 15.5 Å². The molecule has 2 N–H and O–H groups in total. The van der Waals surface area contributed by atoms with E-state index in [2.05, 4.69) is 52.0 Å². The van der Waals surface area contributed by atoms with Gasteiger partial charge in [-0.05, 0) is 30.4 Å². The molecule has 172 valence electrons. The molecule has 1 amide bonds. The molecule has 2 aromatic carbocycles. The van der Waals surface area contributed by atoms with Gasteiger partial charge in [0.25, 0.3) is 0 Å². The molecule has 1 unspecified atom stereocenters. The Bertz CT molecular complexity index is 826. The minimum absolute atomic E-state index is 0.253. The molecule has 0 radical (unpaired) electrons. The standard InChI is InChI=1S/C26H36N4O2/c1-27-26(28-15-8-17-32-18-14-23-11-6-3-7-12-23)29-20-24-19-25(31)30(21-24)16-13-22-9-4-2-5-10-22/h2-7,9-12,24H,8,13-21H2,1H3,(H2,27,28,29). The minimum Gasteiger partial charge on any atom is -0.381 e. The van der Waals surface area contributed by atoms with Crippen molar-refractivity contribution in [2.24, 2.45) is 10.9 Å². The predicted octanol–water partition coefficient (Wildman–Crippen LogP) is 2.89. The number of carbonyl (C=O) groups is 1. The van der Waals surface area contributed by atoms with Crippen molar-refractivity contribution in [3.05, 3.63) is 71.8 Å². The second-order valence-electron chi connectivity index (χ2n) is 8.23. The monoisotopic (exact) mass is 436 g/mol. The van der Waals surface area contributed by atoms with Gasteiger partial charge in [0.15, 0.2) is 5.96 Å². The number of likely N-dealkylation sites (tertiary alicyclic amines) is 1. The number of aliphatic imine (C=N–C) groups is 1. The van der Waals surface area contributed by atoms with Crippen LogP contribution in [0.3, 0.4) is 0 Å². The number of benzene rings is 2. The van der Waals surface area contributed by atoms with Gasteiger partial charge in [0.05, 0.1) is 6.61 Å². The number of amides is 1. The quantitative estimate of drug-likeness (QED) is 0.305. The van der Waals surface area contributed by atoms with E-state index in [1.165, 1.54) is 11.1 Å². The van der Waals surface area contributed by atoms with Crippen LogP contribution in [0.2, 0.25) is 0 Å². The van der Waals surface area contributed by atoms with Crippen LogP contribution in [0.4, 0.5) is 0 Å². The van der Waals surface area contributed by atoms with Crippen LogP contribution in [0.15, 0.2) is 65.7 Å². The molecule has 6 heteroatoms. The number of hydrogen-bond acceptors (Lipinski definition) is 3. The topological polar surface area (TPSA) is 66.0 Å². The molecule has 32 heavy (non-hydrogen) atoms. The zero-order valence-corrected chi connectivity index (χ0v) is 19.1. The lowest BCUT2D eigenvalue weighted by Gasteiger charge is -2.18. The normalized spacial score (nSPS) is 16.4. The fraction of sp³-hybridized carbons (Fsp3) is 0.462. The highest BCUT2D eigenvalue weighted by Gasteiger charge is 2.29. The molecule has 1 aliphatic rings. The summed E-state index contributed by atoms with van der Waals surface area (Å²) in [5, 5.41) is 6.70. The van der Waals surface area contributed by atoms with Crippen molar-refractivity contribution in [3.63, 3.8) is 0 Å². The molecule has 0 bridgehead atoms. The molecule has 1 atom stereocenters. The Labute approximate surface area is 192 Å². The van der Waals surface area contributed by atoms with Crippen LogP contribution < -0.4 is 10.6 Å². The Morgan fingerprint density at radius 1 is 1.00 bits per heavy atom. The van der Waals surface area contributed by atoms with Crippen molar-refractivity contribution in [2.45, 2.75) is 25.7 Å². The summed E-state index contributed by atoms with van der Waals surface area (Å²) in [5.74, 6) is 1.35. The molecule has 1 saturated heterocycles. The third-order valence-corrected chi connectivity index (χ3v) is 5.73. The van der Waals surface area contributed by atoms with E-state index in [0.29, 0.717) is 12.3 Å². The van der Waals surface area contributed by atoms with E-state index in [4.69, 9.17) is 4.74 Å². The van der Waals surface area contributed by atoms with Gasteiger partial charge < -0.3 is 20.3 Å². The third kappa shape index (κ3) is 8.35. The Hall–Kier alpha value is -2.86. The van der Waals surface area contributed by atoms with Crippen LogP contribution in [-0.2, 0) is 22.4 Å². The smallest absolute Gasteiger partial charge is 0.223 e. The highest BCUT2D eigenvalue weighted by molar-refractivity contribution is 5.80. The zero-order valence-electron chi connectivity index (χ0n) is 19.1. The van der Waals surface area contributed by atoms with Gasteiger partial charge in [-0.25, -0.2) is 0 Å². The maximum atomic E-state index is 12.3. The SMILES string of the molecule is CN=C(NCCCOCCc1ccccc1)NCC1CC(=O)N(CCc2ccccc2)C1. The van der Waals surface area contributed by atoms with Gasteiger partial charge in [-0.1, -0.05) is 60.7 Å². The molecule has 6 nitrogen and oxygen atoms in total. The van der Waals surface area contributed by atoms with E-state index >= 15 is 0 Å². The van der Waals surface area contributed by atoms with Gasteiger partial charge in [-0.2, -0.15) is 0 Å². The van der Waals surface area contributed by atoms with Gasteiger partial charge in [0, 0.05) is 52.2 Å². The van der Waals surface area contributed by atoms with Crippen molar-refractivity contribution in [2.75, 3.05) is 46.4 Å². The molecule has 2 aromatic rings. The number of rotatable bonds is 12. The molecule has 1 heterocycles. The average Bonchev–Trinajstić information content (AvgIpc) is 3.19. The zero-order chi connectivity index (χ0) is 22.4. The second-order valence-corrected chi connectivity index (χ2v) is 8.23. The lowest BCUT2D eigenvalue weighted by molar-refractivity contribution is -0.127. The van der Waals surface area contributed by atoms with E-state index in [1.54, 1.807) is 7.05 Å². The number of ether oxygens (including phenoxy) is 1. The first kappa shape index (κ1) is 23.8. The number of nitrogens with one attached hydrogen (secondary N) is 2. The largest absolute Gasteiger partial charge is 0.381 e. The highest BCUT2D eigenvalue weighted by atomic mass is 16.5. The molecule has 0 aliphatic carbocycles. The van der Waals surface area contributed by atoms with Gasteiger partial charge in [0.1, 0.15) is 0 Å². The summed E-state index contributed by atoms with van der Waals surface area (Å²) in [6.07, 6.45) is 3.38. The Balaban J connectivity index is 1.24. The average molecular weight is 437 g/mol. The van der Waals surface area contributed by atoms with Gasteiger partial charge >= 0.3 is 0 Å². The molecule has 0 aromatic heterocycles. The summed E-state index contributed by atoms with van der Waals surface area (Å²) in [7, 11) is 1.78. The molecule has 3 rings (SSSR count). The highest BCUT2D eigenvalue weighted by Crippen LogP contribution is 2.17. The Morgan fingerprint density at radius 3 is 2.38 bits per heavy atom. The van der Waals surface area contributed by atoms with Crippen LogP contribution >= 0.6 is 0 Å². The van der Waals surface area contributed by atoms with Crippen LogP contribution in [0, 0.1) is 5.92 Å². The van der Waals surface area contributed by atoms with E-state index in [0.717, 1.165) is 64.6 Å². The molecule has 0 saturated carbocycles. The van der Waals surface area contributed by atoms with Crippen molar-refractivity contribution < 1.29 is 9.53 Å². The summed E-state index contributed by atoms with van der Waals surface area (Å²) in [6.45, 7) is 4.62. The van der Waals surface area contributed by atoms with Crippen molar-refractivity contribution in [3.8, 4) is 0 Å². The Kier molecular flexibility index (Phi) is 10.1. The van der Waals surface area contributed by atoms with E-state index in [-0.39, 0.29) is 5.91 Å². The predicted molar refractivity (Wildman–Crippen MR) is 130 cm³/mol. The second kappa shape index (κ2) is 13.5. The summed E-state index contributed by atoms with van der Waals surface area (Å²) in [4.78, 5) is 18.6. The number of carbonyl (C=O) groups excluding carboxylic acids is 1. The van der Waals surface area contributed by atoms with Crippen molar-refractivity contribution >= 4 is 11.9 Å². The maximum absolute atomic E-state index is 12.3. The first-order valence-electron chi connectivity index (χ1n) is 11.6. The molecular formula is C26H36N4O2. The van der Waals surface area contributed by atoms with Gasteiger partial charge in [-0.3, -0.25) is 9.79 Å². The van der Waals surface area contributed by atoms with Crippen LogP contribution in [0.5, 0.6) is 0 Å². The number of guanidine groups is 1. The van der Waals surface area contributed by atoms with Crippen LogP contribution in [-0.4, -0.2) is 63.2 Å². The lowest BCUT2D eigenvalue weighted by Crippen LogP contribution is -2.40. The first-order chi connectivity index (χ1) is 15.7. The van der Waals surface area contributed by atoms with Crippen LogP contribution in [0.1, 0.15) is 24.0 Å². The van der Waals surface area contributed by atoms with Crippen LogP contribution in [0.25, 0.3) is 0 Å². The summed E-state index contributed by atoms with van der Waals surface area (Å²) in [5.41, 5.74) is 2.58. The van der Waals surface area contributed by atoms with E-state index < -0.39 is 0 Å².